The Morgan fingerprint density at radius 2 is 2.00 bits per heavy atom. The van der Waals surface area contributed by atoms with Crippen LogP contribution in [0.4, 0.5) is 0 Å². The molecule has 2 N–H and O–H groups in total. The highest BCUT2D eigenvalue weighted by atomic mass is 79.9. The number of carbonyl (C=O) groups is 1. The molecule has 0 spiro atoms. The number of amides is 1. The van der Waals surface area contributed by atoms with E-state index in [1.54, 1.807) is 37.3 Å². The van der Waals surface area contributed by atoms with Crippen LogP contribution in [0.1, 0.15) is 21.5 Å². The van der Waals surface area contributed by atoms with Gasteiger partial charge in [0, 0.05) is 14.5 Å². The molecule has 2 rings (SSSR count). The minimum atomic E-state index is -0.329. The number of nitrogens with zero attached hydrogens (tertiary/aromatic N) is 1. The molecule has 0 aromatic heterocycles. The molecule has 2 aromatic rings. The third-order valence-electron chi connectivity index (χ3n) is 2.78. The average Bonchev–Trinajstić information content (AvgIpc) is 2.44. The Morgan fingerprint density at radius 1 is 1.29 bits per heavy atom. The zero-order valence-corrected chi connectivity index (χ0v) is 14.3. The van der Waals surface area contributed by atoms with Gasteiger partial charge in [-0.1, -0.05) is 28.1 Å². The second kappa shape index (κ2) is 6.87. The molecule has 4 nitrogen and oxygen atoms in total. The van der Waals surface area contributed by atoms with Crippen LogP contribution in [0.25, 0.3) is 0 Å². The lowest BCUT2D eigenvalue weighted by atomic mass is 10.1. The summed E-state index contributed by atoms with van der Waals surface area (Å²) in [4.78, 5) is 11.9. The van der Waals surface area contributed by atoms with Gasteiger partial charge in [-0.3, -0.25) is 4.79 Å². The minimum absolute atomic E-state index is 0.136. The molecule has 0 fully saturated rings. The summed E-state index contributed by atoms with van der Waals surface area (Å²) in [7, 11) is 0. The first-order chi connectivity index (χ1) is 9.99. The highest BCUT2D eigenvalue weighted by Crippen LogP contribution is 2.25. The van der Waals surface area contributed by atoms with Crippen LogP contribution in [0, 0.1) is 6.92 Å². The number of hydrogen-bond acceptors (Lipinski definition) is 3. The summed E-state index contributed by atoms with van der Waals surface area (Å²) >= 11 is 6.65. The predicted molar refractivity (Wildman–Crippen MR) is 89.7 cm³/mol. The van der Waals surface area contributed by atoms with Gasteiger partial charge in [0.05, 0.1) is 11.8 Å². The number of benzene rings is 2. The molecule has 1 amide bonds. The van der Waals surface area contributed by atoms with E-state index in [1.165, 1.54) is 6.21 Å². The second-order valence-corrected chi connectivity index (χ2v) is 6.11. The van der Waals surface area contributed by atoms with Crippen LogP contribution in [0.3, 0.4) is 0 Å². The molecule has 2 aromatic carbocycles. The number of nitrogens with one attached hydrogen (secondary N) is 1. The molecule has 21 heavy (non-hydrogen) atoms. The van der Waals surface area contributed by atoms with Crippen molar-refractivity contribution in [2.45, 2.75) is 6.92 Å². The van der Waals surface area contributed by atoms with Gasteiger partial charge in [-0.2, -0.15) is 5.10 Å². The Balaban J connectivity index is 2.13. The van der Waals surface area contributed by atoms with Crippen molar-refractivity contribution in [1.29, 1.82) is 0 Å². The normalized spacial score (nSPS) is 10.8. The first kappa shape index (κ1) is 15.7. The van der Waals surface area contributed by atoms with Gasteiger partial charge in [-0.05, 0) is 52.7 Å². The van der Waals surface area contributed by atoms with Gasteiger partial charge >= 0.3 is 0 Å². The summed E-state index contributed by atoms with van der Waals surface area (Å²) in [6.45, 7) is 1.79. The average molecular weight is 412 g/mol. The van der Waals surface area contributed by atoms with Crippen LogP contribution in [-0.4, -0.2) is 17.2 Å². The lowest BCUT2D eigenvalue weighted by Gasteiger charge is -2.05. The topological polar surface area (TPSA) is 61.7 Å². The molecular weight excluding hydrogens is 400 g/mol. The van der Waals surface area contributed by atoms with Crippen molar-refractivity contribution in [1.82, 2.24) is 5.43 Å². The van der Waals surface area contributed by atoms with Gasteiger partial charge in [0.15, 0.2) is 0 Å². The molecule has 0 aliphatic heterocycles. The maximum Gasteiger partial charge on any atom is 0.272 e. The SMILES string of the molecule is Cc1cc(Br)cc(/C=N\NC(=O)c2ccccc2Br)c1O. The Labute approximate surface area is 139 Å². The van der Waals surface area contributed by atoms with Gasteiger partial charge in [0.25, 0.3) is 5.91 Å². The van der Waals surface area contributed by atoms with Crippen molar-refractivity contribution in [3.8, 4) is 5.75 Å². The number of aryl methyl sites for hydroxylation is 1. The van der Waals surface area contributed by atoms with E-state index in [0.717, 1.165) is 10.0 Å². The van der Waals surface area contributed by atoms with Crippen LogP contribution in [0.5, 0.6) is 5.75 Å². The Hall–Kier alpha value is -1.66. The zero-order valence-electron chi connectivity index (χ0n) is 11.1. The van der Waals surface area contributed by atoms with E-state index in [2.05, 4.69) is 42.4 Å². The monoisotopic (exact) mass is 410 g/mol. The number of hydrogen-bond donors (Lipinski definition) is 2. The lowest BCUT2D eigenvalue weighted by molar-refractivity contribution is 0.0954. The maximum atomic E-state index is 11.9. The van der Waals surface area contributed by atoms with E-state index in [-0.39, 0.29) is 11.7 Å². The lowest BCUT2D eigenvalue weighted by Crippen LogP contribution is -2.18. The molecule has 0 radical (unpaired) electrons. The maximum absolute atomic E-state index is 11.9. The van der Waals surface area contributed by atoms with Crippen molar-refractivity contribution in [2.24, 2.45) is 5.10 Å². The summed E-state index contributed by atoms with van der Waals surface area (Å²) in [6.07, 6.45) is 1.40. The van der Waals surface area contributed by atoms with Crippen molar-refractivity contribution in [3.63, 3.8) is 0 Å². The number of halogens is 2. The van der Waals surface area contributed by atoms with Gasteiger partial charge < -0.3 is 5.11 Å². The van der Waals surface area contributed by atoms with Gasteiger partial charge in [-0.15, -0.1) is 0 Å². The zero-order chi connectivity index (χ0) is 15.4. The smallest absolute Gasteiger partial charge is 0.272 e. The van der Waals surface area contributed by atoms with Crippen molar-refractivity contribution in [2.75, 3.05) is 0 Å². The third kappa shape index (κ3) is 3.92. The van der Waals surface area contributed by atoms with Gasteiger partial charge in [0.2, 0.25) is 0 Å². The second-order valence-electron chi connectivity index (χ2n) is 4.34. The summed E-state index contributed by atoms with van der Waals surface area (Å²) in [5.41, 5.74) is 4.17. The molecule has 0 bridgehead atoms. The summed E-state index contributed by atoms with van der Waals surface area (Å²) in [5, 5.41) is 13.8. The fourth-order valence-electron chi connectivity index (χ4n) is 1.73. The summed E-state index contributed by atoms with van der Waals surface area (Å²) in [5.74, 6) is -0.193. The number of phenols is 1. The predicted octanol–water partition coefficient (Wildman–Crippen LogP) is 3.99. The third-order valence-corrected chi connectivity index (χ3v) is 3.93. The molecule has 0 aliphatic carbocycles. The van der Waals surface area contributed by atoms with Gasteiger partial charge in [-0.25, -0.2) is 5.43 Å². The van der Waals surface area contributed by atoms with Crippen LogP contribution < -0.4 is 5.43 Å². The molecule has 0 saturated heterocycles. The number of carbonyl (C=O) groups excluding carboxylic acids is 1. The fourth-order valence-corrected chi connectivity index (χ4v) is 2.78. The fraction of sp³-hybridized carbons (Fsp3) is 0.0667. The minimum Gasteiger partial charge on any atom is -0.507 e. The molecule has 0 heterocycles. The van der Waals surface area contributed by atoms with Gasteiger partial charge in [0.1, 0.15) is 5.75 Å². The molecule has 0 saturated carbocycles. The highest BCUT2D eigenvalue weighted by Gasteiger charge is 2.08. The van der Waals surface area contributed by atoms with Crippen LogP contribution in [0.2, 0.25) is 0 Å². The highest BCUT2D eigenvalue weighted by molar-refractivity contribution is 9.10. The van der Waals surface area contributed by atoms with Crippen LogP contribution >= 0.6 is 31.9 Å². The molecule has 0 atom stereocenters. The van der Waals surface area contributed by atoms with Crippen molar-refractivity contribution >= 4 is 44.0 Å². The molecule has 0 unspecified atom stereocenters. The Morgan fingerprint density at radius 3 is 2.71 bits per heavy atom. The first-order valence-electron chi connectivity index (χ1n) is 6.06. The Kier molecular flexibility index (Phi) is 5.14. The largest absolute Gasteiger partial charge is 0.507 e. The standard InChI is InChI=1S/C15H12Br2N2O2/c1-9-6-11(16)7-10(14(9)20)8-18-19-15(21)12-4-2-3-5-13(12)17/h2-8,20H,1H3,(H,19,21)/b18-8-. The number of aromatic hydroxyl groups is 1. The quantitative estimate of drug-likeness (QED) is 0.592. The molecule has 6 heteroatoms. The van der Waals surface area contributed by atoms with Crippen molar-refractivity contribution in [3.05, 3.63) is 62.0 Å². The summed E-state index contributed by atoms with van der Waals surface area (Å²) in [6, 6.07) is 10.6. The number of phenolic OH excluding ortho intramolecular Hbond substituents is 1. The molecule has 0 aliphatic rings. The van der Waals surface area contributed by atoms with E-state index in [4.69, 9.17) is 0 Å². The van der Waals surface area contributed by atoms with E-state index >= 15 is 0 Å². The van der Waals surface area contributed by atoms with Crippen LogP contribution in [0.15, 0.2) is 50.4 Å². The number of rotatable bonds is 3. The molecule has 108 valence electrons. The van der Waals surface area contributed by atoms with E-state index in [9.17, 15) is 9.90 Å². The molecular formula is C15H12Br2N2O2. The van der Waals surface area contributed by atoms with E-state index < -0.39 is 0 Å². The van der Waals surface area contributed by atoms with E-state index in [0.29, 0.717) is 15.6 Å². The first-order valence-corrected chi connectivity index (χ1v) is 7.64. The number of hydrazone groups is 1. The van der Waals surface area contributed by atoms with Crippen LogP contribution in [-0.2, 0) is 0 Å². The van der Waals surface area contributed by atoms with Crippen molar-refractivity contribution < 1.29 is 9.90 Å². The Bertz CT molecular complexity index is 715. The summed E-state index contributed by atoms with van der Waals surface area (Å²) < 4.78 is 1.52. The van der Waals surface area contributed by atoms with E-state index in [1.807, 2.05) is 6.07 Å².